The number of methoxy groups -OCH3 is 1. The van der Waals surface area contributed by atoms with Crippen LogP contribution in [0.4, 0.5) is 8.78 Å². The molecule has 0 aromatic carbocycles. The number of ether oxygens (including phenoxy) is 1. The molecule has 0 heterocycles. The molecule has 0 spiro atoms. The van der Waals surface area contributed by atoms with Crippen LogP contribution < -0.4 is 0 Å². The summed E-state index contributed by atoms with van der Waals surface area (Å²) in [4.78, 5) is 22.2. The van der Waals surface area contributed by atoms with E-state index in [-0.39, 0.29) is 6.54 Å². The molecule has 0 saturated heterocycles. The number of carbonyl (C=O) groups excluding carboxylic acids is 2. The highest BCUT2D eigenvalue weighted by molar-refractivity contribution is 6.32. The topological polar surface area (TPSA) is 66.8 Å². The predicted molar refractivity (Wildman–Crippen MR) is 41.7 cm³/mol. The number of nitrogens with zero attached hydrogens (tertiary/aromatic N) is 1. The molecule has 0 aromatic rings. The lowest BCUT2D eigenvalue weighted by molar-refractivity contribution is -0.159. The molecule has 0 bridgehead atoms. The second-order valence-electron chi connectivity index (χ2n) is 2.36. The molecule has 7 heteroatoms. The fourth-order valence-electron chi connectivity index (χ4n) is 0.779. The van der Waals surface area contributed by atoms with Crippen LogP contribution in [0.25, 0.3) is 0 Å². The number of amides is 1. The molecule has 0 atom stereocenters. The first-order chi connectivity index (χ1) is 6.52. The monoisotopic (exact) mass is 211 g/mol. The van der Waals surface area contributed by atoms with E-state index in [1.807, 2.05) is 0 Å². The van der Waals surface area contributed by atoms with Crippen LogP contribution in [-0.2, 0) is 14.3 Å². The van der Waals surface area contributed by atoms with Crippen molar-refractivity contribution >= 4 is 11.9 Å². The van der Waals surface area contributed by atoms with Crippen molar-refractivity contribution in [2.75, 3.05) is 26.8 Å². The summed E-state index contributed by atoms with van der Waals surface area (Å²) in [6.45, 7) is -1.71. The van der Waals surface area contributed by atoms with Gasteiger partial charge in [0.25, 0.3) is 6.43 Å². The Bertz CT molecular complexity index is 210. The summed E-state index contributed by atoms with van der Waals surface area (Å²) in [5, 5.41) is 8.46. The van der Waals surface area contributed by atoms with E-state index >= 15 is 0 Å². The van der Waals surface area contributed by atoms with E-state index in [2.05, 4.69) is 4.74 Å². The number of halogens is 2. The molecule has 0 rings (SSSR count). The van der Waals surface area contributed by atoms with E-state index < -0.39 is 31.5 Å². The number of aliphatic hydroxyl groups excluding tert-OH is 1. The Balaban J connectivity index is 4.32. The zero-order valence-corrected chi connectivity index (χ0v) is 7.57. The van der Waals surface area contributed by atoms with Gasteiger partial charge in [-0.2, -0.15) is 0 Å². The van der Waals surface area contributed by atoms with Gasteiger partial charge in [0, 0.05) is 6.54 Å². The molecule has 0 aliphatic heterocycles. The third-order valence-corrected chi connectivity index (χ3v) is 1.38. The van der Waals surface area contributed by atoms with Crippen LogP contribution in [0.5, 0.6) is 0 Å². The van der Waals surface area contributed by atoms with Crippen molar-refractivity contribution in [1.82, 2.24) is 4.90 Å². The average Bonchev–Trinajstić information content (AvgIpc) is 2.14. The van der Waals surface area contributed by atoms with Gasteiger partial charge in [0.1, 0.15) is 0 Å². The third-order valence-electron chi connectivity index (χ3n) is 1.38. The number of hydrogen-bond acceptors (Lipinski definition) is 4. The molecule has 0 aromatic heterocycles. The standard InChI is InChI=1S/C7H11F2NO4/c1-14-7(13)6(12)10(2-3-11)4-5(8)9/h5,11H,2-4H2,1H3. The summed E-state index contributed by atoms with van der Waals surface area (Å²) >= 11 is 0. The third kappa shape index (κ3) is 4.13. The molecular weight excluding hydrogens is 200 g/mol. The van der Waals surface area contributed by atoms with Crippen LogP contribution in [-0.4, -0.2) is 55.1 Å². The highest BCUT2D eigenvalue weighted by atomic mass is 19.3. The Morgan fingerprint density at radius 1 is 1.50 bits per heavy atom. The first kappa shape index (κ1) is 12.8. The Hall–Kier alpha value is -1.24. The van der Waals surface area contributed by atoms with Crippen molar-refractivity contribution in [1.29, 1.82) is 0 Å². The smallest absolute Gasteiger partial charge is 0.396 e. The molecule has 0 saturated carbocycles. The highest BCUT2D eigenvalue weighted by Gasteiger charge is 2.24. The van der Waals surface area contributed by atoms with Gasteiger partial charge in [-0.3, -0.25) is 4.79 Å². The van der Waals surface area contributed by atoms with Crippen LogP contribution in [0.2, 0.25) is 0 Å². The largest absolute Gasteiger partial charge is 0.462 e. The number of aliphatic hydroxyl groups is 1. The molecule has 0 radical (unpaired) electrons. The van der Waals surface area contributed by atoms with Crippen molar-refractivity contribution in [3.05, 3.63) is 0 Å². The van der Waals surface area contributed by atoms with Crippen LogP contribution >= 0.6 is 0 Å². The molecule has 0 aliphatic carbocycles. The lowest BCUT2D eigenvalue weighted by Crippen LogP contribution is -2.41. The molecule has 0 fully saturated rings. The van der Waals surface area contributed by atoms with Crippen LogP contribution in [0, 0.1) is 0 Å². The molecule has 5 nitrogen and oxygen atoms in total. The maximum Gasteiger partial charge on any atom is 0.396 e. The van der Waals surface area contributed by atoms with Crippen molar-refractivity contribution in [3.63, 3.8) is 0 Å². The summed E-state index contributed by atoms with van der Waals surface area (Å²) < 4.78 is 27.9. The van der Waals surface area contributed by atoms with E-state index in [4.69, 9.17) is 5.11 Å². The van der Waals surface area contributed by atoms with E-state index in [1.54, 1.807) is 0 Å². The van der Waals surface area contributed by atoms with Crippen molar-refractivity contribution in [2.24, 2.45) is 0 Å². The second-order valence-corrected chi connectivity index (χ2v) is 2.36. The van der Waals surface area contributed by atoms with Gasteiger partial charge in [-0.1, -0.05) is 0 Å². The van der Waals surface area contributed by atoms with Gasteiger partial charge in [-0.05, 0) is 0 Å². The van der Waals surface area contributed by atoms with Gasteiger partial charge in [0.15, 0.2) is 0 Å². The minimum atomic E-state index is -2.75. The maximum absolute atomic E-state index is 11.9. The predicted octanol–water partition coefficient (Wildman–Crippen LogP) is -0.755. The minimum Gasteiger partial charge on any atom is -0.462 e. The summed E-state index contributed by atoms with van der Waals surface area (Å²) in [6.07, 6.45) is -2.75. The van der Waals surface area contributed by atoms with Crippen LogP contribution in [0.15, 0.2) is 0 Å². The van der Waals surface area contributed by atoms with E-state index in [9.17, 15) is 18.4 Å². The zero-order chi connectivity index (χ0) is 11.1. The van der Waals surface area contributed by atoms with Crippen molar-refractivity contribution in [3.8, 4) is 0 Å². The second kappa shape index (κ2) is 6.25. The molecule has 1 amide bonds. The Labute approximate surface area is 79.3 Å². The maximum atomic E-state index is 11.9. The van der Waals surface area contributed by atoms with E-state index in [0.717, 1.165) is 7.11 Å². The first-order valence-electron chi connectivity index (χ1n) is 3.79. The lowest BCUT2D eigenvalue weighted by Gasteiger charge is -2.19. The first-order valence-corrected chi connectivity index (χ1v) is 3.79. The Morgan fingerprint density at radius 2 is 2.07 bits per heavy atom. The zero-order valence-electron chi connectivity index (χ0n) is 7.57. The lowest BCUT2D eigenvalue weighted by atomic mass is 10.4. The van der Waals surface area contributed by atoms with Crippen LogP contribution in [0.3, 0.4) is 0 Å². The number of rotatable bonds is 4. The Kier molecular flexibility index (Phi) is 5.70. The van der Waals surface area contributed by atoms with Crippen molar-refractivity contribution < 1.29 is 28.2 Å². The van der Waals surface area contributed by atoms with Crippen LogP contribution in [0.1, 0.15) is 0 Å². The van der Waals surface area contributed by atoms with Gasteiger partial charge >= 0.3 is 11.9 Å². The molecule has 1 N–H and O–H groups in total. The van der Waals surface area contributed by atoms with Crippen molar-refractivity contribution in [2.45, 2.75) is 6.43 Å². The number of alkyl halides is 2. The quantitative estimate of drug-likeness (QED) is 0.490. The average molecular weight is 211 g/mol. The highest BCUT2D eigenvalue weighted by Crippen LogP contribution is 1.99. The fourth-order valence-corrected chi connectivity index (χ4v) is 0.779. The SMILES string of the molecule is COC(=O)C(=O)N(CCO)CC(F)F. The fraction of sp³-hybridized carbons (Fsp3) is 0.714. The number of esters is 1. The molecule has 0 unspecified atom stereocenters. The Morgan fingerprint density at radius 3 is 2.43 bits per heavy atom. The molecule has 0 aliphatic rings. The number of hydrogen-bond donors (Lipinski definition) is 1. The summed E-state index contributed by atoms with van der Waals surface area (Å²) in [7, 11) is 0.972. The van der Waals surface area contributed by atoms with Gasteiger partial charge in [0.05, 0.1) is 20.3 Å². The van der Waals surface area contributed by atoms with E-state index in [0.29, 0.717) is 4.90 Å². The molecule has 14 heavy (non-hydrogen) atoms. The summed E-state index contributed by atoms with van der Waals surface area (Å²) in [6, 6.07) is 0. The van der Waals surface area contributed by atoms with Gasteiger partial charge in [-0.15, -0.1) is 0 Å². The van der Waals surface area contributed by atoms with Gasteiger partial charge in [-0.25, -0.2) is 13.6 Å². The van der Waals surface area contributed by atoms with Gasteiger partial charge in [0.2, 0.25) is 0 Å². The molecular formula is C7H11F2NO4. The van der Waals surface area contributed by atoms with Gasteiger partial charge < -0.3 is 14.7 Å². The minimum absolute atomic E-state index is 0.321. The number of carbonyl (C=O) groups is 2. The molecule has 82 valence electrons. The summed E-state index contributed by atoms with van der Waals surface area (Å²) in [5.74, 6) is -2.40. The van der Waals surface area contributed by atoms with E-state index in [1.165, 1.54) is 0 Å². The normalized spacial score (nSPS) is 10.1. The summed E-state index contributed by atoms with van der Waals surface area (Å²) in [5.41, 5.74) is 0.